The predicted octanol–water partition coefficient (Wildman–Crippen LogP) is 2.00. The molecular weight excluding hydrogens is 123 g/mol. The Balaban J connectivity index is 3.10. The first-order valence-electron chi connectivity index (χ1n) is 2.61. The van der Waals surface area contributed by atoms with E-state index in [9.17, 15) is 0 Å². The van der Waals surface area contributed by atoms with Crippen molar-refractivity contribution in [1.82, 2.24) is 0 Å². The molecule has 0 aromatic rings. The third-order valence-electron chi connectivity index (χ3n) is 0.616. The van der Waals surface area contributed by atoms with Crippen molar-refractivity contribution in [2.75, 3.05) is 13.8 Å². The Bertz CT molecular complexity index is 56.4. The monoisotopic (exact) mass is 136 g/mol. The minimum absolute atomic E-state index is 0.283. The minimum atomic E-state index is -0.618. The topological polar surface area (TPSA) is 18.5 Å². The van der Waals surface area contributed by atoms with Crippen LogP contribution in [0.3, 0.4) is 0 Å². The molecule has 0 aliphatic rings. The quantitative estimate of drug-likeness (QED) is 0.552. The van der Waals surface area contributed by atoms with E-state index in [0.29, 0.717) is 0 Å². The molecule has 0 aromatic heterocycles. The number of rotatable bonds is 3. The van der Waals surface area contributed by atoms with Crippen molar-refractivity contribution in [2.45, 2.75) is 20.0 Å². The maximum atomic E-state index is 5.24. The third-order valence-corrected chi connectivity index (χ3v) is 1.85. The smallest absolute Gasteiger partial charge is 0.167 e. The van der Waals surface area contributed by atoms with Gasteiger partial charge in [0.25, 0.3) is 0 Å². The van der Waals surface area contributed by atoms with E-state index in [1.165, 1.54) is 0 Å². The van der Waals surface area contributed by atoms with E-state index >= 15 is 0 Å². The molecule has 2 nitrogen and oxygen atoms in total. The van der Waals surface area contributed by atoms with Crippen molar-refractivity contribution >= 4 is 8.38 Å². The summed E-state index contributed by atoms with van der Waals surface area (Å²) >= 11 is 0. The molecule has 0 saturated heterocycles. The molecule has 0 heterocycles. The third kappa shape index (κ3) is 4.51. The van der Waals surface area contributed by atoms with Crippen LogP contribution in [0.4, 0.5) is 0 Å². The van der Waals surface area contributed by atoms with E-state index in [0.717, 1.165) is 0 Å². The largest absolute Gasteiger partial charge is 0.338 e. The zero-order valence-electron chi connectivity index (χ0n) is 5.84. The molecule has 0 fully saturated rings. The summed E-state index contributed by atoms with van der Waals surface area (Å²) in [7, 11) is 1.04. The van der Waals surface area contributed by atoms with Gasteiger partial charge in [-0.05, 0) is 13.8 Å². The summed E-state index contributed by atoms with van der Waals surface area (Å²) in [5.74, 6) is 0. The summed E-state index contributed by atoms with van der Waals surface area (Å²) < 4.78 is 10.1. The molecule has 1 unspecified atom stereocenters. The lowest BCUT2D eigenvalue weighted by Crippen LogP contribution is -1.96. The normalized spacial score (nSPS) is 14.6. The van der Waals surface area contributed by atoms with Gasteiger partial charge in [-0.1, -0.05) is 0 Å². The summed E-state index contributed by atoms with van der Waals surface area (Å²) in [5, 5.41) is 0. The highest BCUT2D eigenvalue weighted by molar-refractivity contribution is 7.46. The molecule has 0 radical (unpaired) electrons. The van der Waals surface area contributed by atoms with Gasteiger partial charge in [0.1, 0.15) is 0 Å². The summed E-state index contributed by atoms with van der Waals surface area (Å²) in [6, 6.07) is 0. The van der Waals surface area contributed by atoms with Crippen LogP contribution in [-0.4, -0.2) is 19.9 Å². The molecule has 0 N–H and O–H groups in total. The van der Waals surface area contributed by atoms with E-state index in [1.807, 2.05) is 20.5 Å². The van der Waals surface area contributed by atoms with Gasteiger partial charge in [0.2, 0.25) is 0 Å². The summed E-state index contributed by atoms with van der Waals surface area (Å²) in [4.78, 5) is 0. The molecule has 0 aliphatic heterocycles. The van der Waals surface area contributed by atoms with Gasteiger partial charge in [-0.25, -0.2) is 0 Å². The average Bonchev–Trinajstić information content (AvgIpc) is 1.65. The van der Waals surface area contributed by atoms with Crippen molar-refractivity contribution in [1.29, 1.82) is 0 Å². The Morgan fingerprint density at radius 3 is 2.00 bits per heavy atom. The summed E-state index contributed by atoms with van der Waals surface area (Å²) in [6.07, 6.45) is 0.283. The second kappa shape index (κ2) is 4.25. The van der Waals surface area contributed by atoms with E-state index in [4.69, 9.17) is 9.05 Å². The van der Waals surface area contributed by atoms with E-state index < -0.39 is 8.38 Å². The second-order valence-corrected chi connectivity index (χ2v) is 3.23. The van der Waals surface area contributed by atoms with Crippen molar-refractivity contribution in [3.63, 3.8) is 0 Å². The Kier molecular flexibility index (Phi) is 4.44. The van der Waals surface area contributed by atoms with Crippen molar-refractivity contribution in [3.05, 3.63) is 0 Å². The highest BCUT2D eigenvalue weighted by Gasteiger charge is 2.00. The summed E-state index contributed by atoms with van der Waals surface area (Å²) in [5.41, 5.74) is 0. The first kappa shape index (κ1) is 8.35. The Labute approximate surface area is 52.1 Å². The fourth-order valence-corrected chi connectivity index (χ4v) is 1.02. The molecule has 0 saturated carbocycles. The lowest BCUT2D eigenvalue weighted by atomic mass is 10.5. The number of hydrogen-bond acceptors (Lipinski definition) is 2. The van der Waals surface area contributed by atoms with Crippen LogP contribution in [0.1, 0.15) is 13.8 Å². The van der Waals surface area contributed by atoms with Gasteiger partial charge in [-0.3, -0.25) is 0 Å². The van der Waals surface area contributed by atoms with Crippen LogP contribution in [0, 0.1) is 0 Å². The van der Waals surface area contributed by atoms with Crippen LogP contribution in [-0.2, 0) is 9.05 Å². The first-order valence-corrected chi connectivity index (χ1v) is 4.24. The SMILES string of the molecule is COP(C)OC(C)C. The molecule has 0 aromatic carbocycles. The van der Waals surface area contributed by atoms with Gasteiger partial charge in [-0.2, -0.15) is 0 Å². The van der Waals surface area contributed by atoms with Gasteiger partial charge in [0.15, 0.2) is 8.38 Å². The highest BCUT2D eigenvalue weighted by Crippen LogP contribution is 2.33. The molecule has 0 spiro atoms. The molecular formula is C5H13O2P. The van der Waals surface area contributed by atoms with Gasteiger partial charge in [-0.15, -0.1) is 0 Å². The molecule has 8 heavy (non-hydrogen) atoms. The second-order valence-electron chi connectivity index (χ2n) is 1.78. The van der Waals surface area contributed by atoms with E-state index in [2.05, 4.69) is 0 Å². The average molecular weight is 136 g/mol. The standard InChI is InChI=1S/C5H13O2P/c1-5(2)7-8(4)6-3/h5H,1-4H3. The van der Waals surface area contributed by atoms with Crippen molar-refractivity contribution in [3.8, 4) is 0 Å². The number of hydrogen-bond donors (Lipinski definition) is 0. The molecule has 50 valence electrons. The maximum absolute atomic E-state index is 5.24. The maximum Gasteiger partial charge on any atom is 0.167 e. The first-order chi connectivity index (χ1) is 3.66. The lowest BCUT2D eigenvalue weighted by molar-refractivity contribution is 0.229. The highest BCUT2D eigenvalue weighted by atomic mass is 31.2. The van der Waals surface area contributed by atoms with Crippen LogP contribution in [0.25, 0.3) is 0 Å². The van der Waals surface area contributed by atoms with E-state index in [-0.39, 0.29) is 6.10 Å². The summed E-state index contributed by atoms with van der Waals surface area (Å²) in [6.45, 7) is 5.94. The Morgan fingerprint density at radius 2 is 1.88 bits per heavy atom. The van der Waals surface area contributed by atoms with Crippen LogP contribution in [0.2, 0.25) is 0 Å². The fourth-order valence-electron chi connectivity index (χ4n) is 0.340. The zero-order valence-corrected chi connectivity index (χ0v) is 6.74. The zero-order chi connectivity index (χ0) is 6.57. The van der Waals surface area contributed by atoms with Crippen LogP contribution in [0.15, 0.2) is 0 Å². The van der Waals surface area contributed by atoms with Crippen LogP contribution in [0.5, 0.6) is 0 Å². The molecule has 0 bridgehead atoms. The van der Waals surface area contributed by atoms with Crippen LogP contribution < -0.4 is 0 Å². The molecule has 0 aliphatic carbocycles. The van der Waals surface area contributed by atoms with Gasteiger partial charge < -0.3 is 9.05 Å². The molecule has 3 heteroatoms. The molecule has 0 rings (SSSR count). The Morgan fingerprint density at radius 1 is 1.38 bits per heavy atom. The van der Waals surface area contributed by atoms with Crippen LogP contribution >= 0.6 is 8.38 Å². The molecule has 0 amide bonds. The fraction of sp³-hybridized carbons (Fsp3) is 1.00. The van der Waals surface area contributed by atoms with Gasteiger partial charge in [0.05, 0.1) is 6.10 Å². The minimum Gasteiger partial charge on any atom is -0.338 e. The van der Waals surface area contributed by atoms with Gasteiger partial charge >= 0.3 is 0 Å². The molecule has 1 atom stereocenters. The van der Waals surface area contributed by atoms with Crippen molar-refractivity contribution < 1.29 is 9.05 Å². The van der Waals surface area contributed by atoms with Crippen molar-refractivity contribution in [2.24, 2.45) is 0 Å². The predicted molar refractivity (Wildman–Crippen MR) is 36.1 cm³/mol. The lowest BCUT2D eigenvalue weighted by Gasteiger charge is -2.11. The Hall–Kier alpha value is 0.350. The van der Waals surface area contributed by atoms with E-state index in [1.54, 1.807) is 7.11 Å². The van der Waals surface area contributed by atoms with Gasteiger partial charge in [0, 0.05) is 13.8 Å².